The standard InChI is InChI=1S/C19H28ClN3O4S/c1-27-17-11-15(10-16(20)12-17)19(24)21-13-14-4-7-23(8-5-14)9-6-22-28(25,26)18-2-3-18/h10-12,14,18,22H,2-9,13H2,1H3,(H,21,24). The number of hydrogen-bond donors (Lipinski definition) is 2. The van der Waals surface area contributed by atoms with Crippen LogP contribution in [-0.2, 0) is 10.0 Å². The van der Waals surface area contributed by atoms with E-state index >= 15 is 0 Å². The second-order valence-corrected chi connectivity index (χ2v) is 10.00. The molecule has 1 aliphatic carbocycles. The molecule has 7 nitrogen and oxygen atoms in total. The molecule has 1 heterocycles. The van der Waals surface area contributed by atoms with Gasteiger partial charge in [0.15, 0.2) is 0 Å². The summed E-state index contributed by atoms with van der Waals surface area (Å²) in [6.07, 6.45) is 3.53. The Balaban J connectivity index is 1.36. The van der Waals surface area contributed by atoms with E-state index in [1.165, 1.54) is 7.11 Å². The highest BCUT2D eigenvalue weighted by Gasteiger charge is 2.35. The fraction of sp³-hybridized carbons (Fsp3) is 0.632. The highest BCUT2D eigenvalue weighted by molar-refractivity contribution is 7.90. The molecule has 9 heteroatoms. The largest absolute Gasteiger partial charge is 0.497 e. The van der Waals surface area contributed by atoms with E-state index in [-0.39, 0.29) is 11.2 Å². The van der Waals surface area contributed by atoms with Crippen molar-refractivity contribution in [3.63, 3.8) is 0 Å². The van der Waals surface area contributed by atoms with Crippen molar-refractivity contribution in [2.75, 3.05) is 39.8 Å². The lowest BCUT2D eigenvalue weighted by Crippen LogP contribution is -2.42. The minimum Gasteiger partial charge on any atom is -0.497 e. The summed E-state index contributed by atoms with van der Waals surface area (Å²) in [7, 11) is -1.55. The smallest absolute Gasteiger partial charge is 0.251 e. The van der Waals surface area contributed by atoms with E-state index in [0.29, 0.717) is 35.3 Å². The summed E-state index contributed by atoms with van der Waals surface area (Å²) in [6.45, 7) is 3.65. The van der Waals surface area contributed by atoms with Crippen LogP contribution in [0.15, 0.2) is 18.2 Å². The first-order valence-electron chi connectivity index (χ1n) is 9.71. The molecule has 0 bridgehead atoms. The topological polar surface area (TPSA) is 87.7 Å². The number of carbonyl (C=O) groups is 1. The first-order valence-corrected chi connectivity index (χ1v) is 11.6. The quantitative estimate of drug-likeness (QED) is 0.625. The number of nitrogens with one attached hydrogen (secondary N) is 2. The van der Waals surface area contributed by atoms with Gasteiger partial charge in [-0.3, -0.25) is 4.79 Å². The van der Waals surface area contributed by atoms with Crippen molar-refractivity contribution in [1.29, 1.82) is 0 Å². The van der Waals surface area contributed by atoms with Crippen LogP contribution >= 0.6 is 11.6 Å². The van der Waals surface area contributed by atoms with Crippen molar-refractivity contribution in [2.45, 2.75) is 30.9 Å². The third kappa shape index (κ3) is 6.07. The molecule has 2 aliphatic rings. The van der Waals surface area contributed by atoms with Crippen LogP contribution in [0.2, 0.25) is 5.02 Å². The molecule has 156 valence electrons. The summed E-state index contributed by atoms with van der Waals surface area (Å²) in [5.74, 6) is 0.824. The predicted molar refractivity (Wildman–Crippen MR) is 109 cm³/mol. The summed E-state index contributed by atoms with van der Waals surface area (Å²) >= 11 is 6.02. The zero-order valence-electron chi connectivity index (χ0n) is 16.1. The SMILES string of the molecule is COc1cc(Cl)cc(C(=O)NCC2CCN(CCNS(=O)(=O)C3CC3)CC2)c1. The molecule has 0 atom stereocenters. The number of likely N-dealkylation sites (tertiary alicyclic amines) is 1. The third-order valence-electron chi connectivity index (χ3n) is 5.32. The maximum absolute atomic E-state index is 12.4. The highest BCUT2D eigenvalue weighted by atomic mass is 35.5. The summed E-state index contributed by atoms with van der Waals surface area (Å²) in [6, 6.07) is 4.97. The second kappa shape index (κ2) is 9.43. The molecule has 0 radical (unpaired) electrons. The summed E-state index contributed by atoms with van der Waals surface area (Å²) in [5, 5.41) is 3.28. The van der Waals surface area contributed by atoms with Gasteiger partial charge in [-0.25, -0.2) is 13.1 Å². The molecule has 0 spiro atoms. The Morgan fingerprint density at radius 2 is 1.93 bits per heavy atom. The molecule has 28 heavy (non-hydrogen) atoms. The number of nitrogens with zero attached hydrogens (tertiary/aromatic N) is 1. The first-order chi connectivity index (χ1) is 13.4. The molecule has 1 saturated carbocycles. The van der Waals surface area contributed by atoms with E-state index in [0.717, 1.165) is 45.3 Å². The number of sulfonamides is 1. The zero-order chi connectivity index (χ0) is 20.1. The highest BCUT2D eigenvalue weighted by Crippen LogP contribution is 2.27. The molecule has 1 aromatic rings. The van der Waals surface area contributed by atoms with Crippen LogP contribution in [-0.4, -0.2) is 64.3 Å². The third-order valence-corrected chi connectivity index (χ3v) is 7.50. The summed E-state index contributed by atoms with van der Waals surface area (Å²) in [4.78, 5) is 14.6. The van der Waals surface area contributed by atoms with Crippen molar-refractivity contribution in [1.82, 2.24) is 14.9 Å². The zero-order valence-corrected chi connectivity index (χ0v) is 17.7. The van der Waals surface area contributed by atoms with E-state index in [4.69, 9.17) is 16.3 Å². The van der Waals surface area contributed by atoms with Crippen LogP contribution in [0, 0.1) is 5.92 Å². The van der Waals surface area contributed by atoms with Gasteiger partial charge in [-0.15, -0.1) is 0 Å². The predicted octanol–water partition coefficient (Wildman–Crippen LogP) is 1.87. The van der Waals surface area contributed by atoms with E-state index in [9.17, 15) is 13.2 Å². The van der Waals surface area contributed by atoms with Gasteiger partial charge in [0.25, 0.3) is 5.91 Å². The lowest BCUT2D eigenvalue weighted by Gasteiger charge is -2.32. The van der Waals surface area contributed by atoms with Gasteiger partial charge in [-0.1, -0.05) is 11.6 Å². The Morgan fingerprint density at radius 1 is 1.21 bits per heavy atom. The lowest BCUT2D eigenvalue weighted by atomic mass is 9.96. The van der Waals surface area contributed by atoms with Gasteiger partial charge >= 0.3 is 0 Å². The number of piperidine rings is 1. The van der Waals surface area contributed by atoms with Gasteiger partial charge in [-0.2, -0.15) is 0 Å². The number of halogens is 1. The van der Waals surface area contributed by atoms with Crippen molar-refractivity contribution in [2.24, 2.45) is 5.92 Å². The number of carbonyl (C=O) groups excluding carboxylic acids is 1. The number of methoxy groups -OCH3 is 1. The fourth-order valence-electron chi connectivity index (χ4n) is 3.41. The second-order valence-electron chi connectivity index (χ2n) is 7.51. The molecular weight excluding hydrogens is 402 g/mol. The Labute approximate surface area is 171 Å². The van der Waals surface area contributed by atoms with Crippen molar-refractivity contribution >= 4 is 27.5 Å². The van der Waals surface area contributed by atoms with Crippen molar-refractivity contribution in [3.8, 4) is 5.75 Å². The fourth-order valence-corrected chi connectivity index (χ4v) is 5.00. The van der Waals surface area contributed by atoms with Gasteiger partial charge in [-0.05, 0) is 62.9 Å². The molecule has 1 amide bonds. The van der Waals surface area contributed by atoms with Crippen molar-refractivity contribution < 1.29 is 17.9 Å². The van der Waals surface area contributed by atoms with Crippen LogP contribution in [0.4, 0.5) is 0 Å². The molecule has 1 aliphatic heterocycles. The van der Waals surface area contributed by atoms with Gasteiger partial charge in [0.2, 0.25) is 10.0 Å². The van der Waals surface area contributed by atoms with Gasteiger partial charge in [0, 0.05) is 30.2 Å². The molecule has 2 N–H and O–H groups in total. The normalized spacial score (nSPS) is 18.8. The monoisotopic (exact) mass is 429 g/mol. The number of ether oxygens (including phenoxy) is 1. The maximum Gasteiger partial charge on any atom is 0.251 e. The van der Waals surface area contributed by atoms with E-state index in [1.807, 2.05) is 0 Å². The van der Waals surface area contributed by atoms with Gasteiger partial charge in [0.1, 0.15) is 5.75 Å². The Hall–Kier alpha value is -1.35. The molecule has 2 fully saturated rings. The van der Waals surface area contributed by atoms with Crippen molar-refractivity contribution in [3.05, 3.63) is 28.8 Å². The van der Waals surface area contributed by atoms with Crippen LogP contribution < -0.4 is 14.8 Å². The minimum atomic E-state index is -3.09. The van der Waals surface area contributed by atoms with Gasteiger partial charge < -0.3 is 15.0 Å². The average molecular weight is 430 g/mol. The number of rotatable bonds is 9. The van der Waals surface area contributed by atoms with Crippen LogP contribution in [0.3, 0.4) is 0 Å². The Kier molecular flexibility index (Phi) is 7.20. The van der Waals surface area contributed by atoms with Crippen LogP contribution in [0.5, 0.6) is 5.75 Å². The number of amides is 1. The summed E-state index contributed by atoms with van der Waals surface area (Å²) in [5.41, 5.74) is 0.490. The van der Waals surface area contributed by atoms with Gasteiger partial charge in [0.05, 0.1) is 12.4 Å². The van der Waals surface area contributed by atoms with E-state index < -0.39 is 10.0 Å². The summed E-state index contributed by atoms with van der Waals surface area (Å²) < 4.78 is 31.5. The molecule has 0 aromatic heterocycles. The Morgan fingerprint density at radius 3 is 2.57 bits per heavy atom. The molecule has 3 rings (SSSR count). The molecule has 0 unspecified atom stereocenters. The van der Waals surface area contributed by atoms with E-state index in [1.54, 1.807) is 18.2 Å². The molecular formula is C19H28ClN3O4S. The maximum atomic E-state index is 12.4. The number of hydrogen-bond acceptors (Lipinski definition) is 5. The van der Waals surface area contributed by atoms with E-state index in [2.05, 4.69) is 14.9 Å². The first kappa shape index (κ1) is 21.4. The number of benzene rings is 1. The molecule has 1 saturated heterocycles. The Bertz CT molecular complexity index is 790. The lowest BCUT2D eigenvalue weighted by molar-refractivity contribution is 0.0936. The average Bonchev–Trinajstić information content (AvgIpc) is 3.52. The van der Waals surface area contributed by atoms with Crippen LogP contribution in [0.25, 0.3) is 0 Å². The van der Waals surface area contributed by atoms with Crippen LogP contribution in [0.1, 0.15) is 36.0 Å². The minimum absolute atomic E-state index is 0.155. The molecule has 1 aromatic carbocycles.